The van der Waals surface area contributed by atoms with E-state index in [1.165, 1.54) is 6.33 Å². The third-order valence-corrected chi connectivity index (χ3v) is 5.57. The maximum Gasteiger partial charge on any atom is 0.156 e. The molecule has 10 nitrogen and oxygen atoms in total. The summed E-state index contributed by atoms with van der Waals surface area (Å²) in [7, 11) is 0. The maximum absolute atomic E-state index is 9.88. The van der Waals surface area contributed by atoms with Gasteiger partial charge >= 0.3 is 0 Å². The number of nitrogen functional groups attached to an aromatic ring is 1. The van der Waals surface area contributed by atoms with E-state index in [1.807, 2.05) is 13.1 Å². The van der Waals surface area contributed by atoms with Crippen LogP contribution < -0.4 is 11.1 Å². The molecule has 4 aromatic rings. The molecule has 4 N–H and O–H groups in total. The van der Waals surface area contributed by atoms with Gasteiger partial charge in [0.15, 0.2) is 11.6 Å². The van der Waals surface area contributed by atoms with Crippen molar-refractivity contribution in [3.8, 4) is 16.9 Å². The molecule has 31 heavy (non-hydrogen) atoms. The maximum atomic E-state index is 9.88. The van der Waals surface area contributed by atoms with Crippen molar-refractivity contribution in [3.63, 3.8) is 0 Å². The molecule has 4 aromatic heterocycles. The van der Waals surface area contributed by atoms with E-state index in [9.17, 15) is 5.11 Å². The van der Waals surface area contributed by atoms with Gasteiger partial charge in [-0.15, -0.1) is 0 Å². The van der Waals surface area contributed by atoms with E-state index in [4.69, 9.17) is 15.7 Å². The Morgan fingerprint density at radius 1 is 1.19 bits per heavy atom. The van der Waals surface area contributed by atoms with E-state index in [-0.39, 0.29) is 12.1 Å². The summed E-state index contributed by atoms with van der Waals surface area (Å²) in [5, 5.41) is 17.8. The monoisotopic (exact) mass is 417 g/mol. The first-order chi connectivity index (χ1) is 15.1. The Bertz CT molecular complexity index is 1220. The fraction of sp³-hybridized carbons (Fsp3) is 0.333. The number of hydrogen-bond acceptors (Lipinski definition) is 9. The molecule has 0 amide bonds. The van der Waals surface area contributed by atoms with Gasteiger partial charge in [0.25, 0.3) is 0 Å². The van der Waals surface area contributed by atoms with Crippen LogP contribution in [0.3, 0.4) is 0 Å². The van der Waals surface area contributed by atoms with E-state index in [1.54, 1.807) is 29.3 Å². The Morgan fingerprint density at radius 2 is 2.10 bits per heavy atom. The summed E-state index contributed by atoms with van der Waals surface area (Å²) in [4.78, 5) is 22.2. The van der Waals surface area contributed by atoms with Crippen LogP contribution in [0.4, 0.5) is 11.6 Å². The number of aromatic nitrogens is 7. The topological polar surface area (TPSA) is 141 Å². The molecule has 1 fully saturated rings. The molecule has 0 bridgehead atoms. The van der Waals surface area contributed by atoms with Crippen LogP contribution in [-0.4, -0.2) is 52.0 Å². The van der Waals surface area contributed by atoms with Crippen molar-refractivity contribution >= 4 is 22.7 Å². The number of aliphatic hydroxyl groups is 1. The SMILES string of the molecule is CCc1nc2c(N)ncc(-c3cnn(-c4ccncn4)c3)c2nc1N[C@@H]1CC[C@H](O)C1. The standard InChI is InChI=1S/C21H23N9O/c1-2-16-21(27-13-3-4-14(31)7-13)29-18-15(9-24-20(22)19(18)28-16)12-8-26-30(10-12)17-5-6-23-11-25-17/h5-6,8-11,13-14,31H,2-4,7H2,1H3,(H2,22,24)(H,27,29)/t13-,14+/m1/s1. The van der Waals surface area contributed by atoms with E-state index in [2.05, 4.69) is 25.4 Å². The molecule has 0 radical (unpaired) electrons. The quantitative estimate of drug-likeness (QED) is 0.445. The van der Waals surface area contributed by atoms with Gasteiger partial charge < -0.3 is 16.2 Å². The molecule has 158 valence electrons. The zero-order chi connectivity index (χ0) is 21.4. The van der Waals surface area contributed by atoms with Gasteiger partial charge in [-0.2, -0.15) is 5.10 Å². The Labute approximate surface area is 178 Å². The number of nitrogens with zero attached hydrogens (tertiary/aromatic N) is 7. The molecular weight excluding hydrogens is 394 g/mol. The lowest BCUT2D eigenvalue weighted by molar-refractivity contribution is 0.182. The lowest BCUT2D eigenvalue weighted by Gasteiger charge is -2.17. The lowest BCUT2D eigenvalue weighted by Crippen LogP contribution is -2.19. The second-order valence-corrected chi connectivity index (χ2v) is 7.68. The number of anilines is 2. The van der Waals surface area contributed by atoms with Gasteiger partial charge in [0.2, 0.25) is 0 Å². The largest absolute Gasteiger partial charge is 0.393 e. The second kappa shape index (κ2) is 7.88. The molecule has 5 rings (SSSR count). The molecule has 0 saturated heterocycles. The zero-order valence-corrected chi connectivity index (χ0v) is 17.1. The Morgan fingerprint density at radius 3 is 2.84 bits per heavy atom. The normalized spacial score (nSPS) is 18.5. The summed E-state index contributed by atoms with van der Waals surface area (Å²) in [6, 6.07) is 1.96. The molecule has 10 heteroatoms. The number of fused-ring (bicyclic) bond motifs is 1. The fourth-order valence-electron chi connectivity index (χ4n) is 3.95. The Hall–Kier alpha value is -3.66. The number of nitrogens with one attached hydrogen (secondary N) is 1. The summed E-state index contributed by atoms with van der Waals surface area (Å²) in [6.45, 7) is 2.03. The van der Waals surface area contributed by atoms with Gasteiger partial charge in [0.1, 0.15) is 23.2 Å². The smallest absolute Gasteiger partial charge is 0.156 e. The number of nitrogens with two attached hydrogens (primary N) is 1. The molecule has 0 aliphatic heterocycles. The van der Waals surface area contributed by atoms with Crippen LogP contribution in [0.15, 0.2) is 37.2 Å². The molecule has 0 unspecified atom stereocenters. The number of aliphatic hydroxyl groups excluding tert-OH is 1. The molecule has 2 atom stereocenters. The van der Waals surface area contributed by atoms with Crippen molar-refractivity contribution < 1.29 is 5.11 Å². The molecule has 1 aliphatic rings. The predicted octanol–water partition coefficient (Wildman–Crippen LogP) is 2.14. The molecule has 0 spiro atoms. The number of hydrogen-bond donors (Lipinski definition) is 3. The highest BCUT2D eigenvalue weighted by Crippen LogP contribution is 2.31. The summed E-state index contributed by atoms with van der Waals surface area (Å²) < 4.78 is 1.67. The van der Waals surface area contributed by atoms with Gasteiger partial charge in [-0.25, -0.2) is 29.6 Å². The average Bonchev–Trinajstić information content (AvgIpc) is 3.44. The van der Waals surface area contributed by atoms with Crippen molar-refractivity contribution in [1.82, 2.24) is 34.7 Å². The minimum atomic E-state index is -0.265. The zero-order valence-electron chi connectivity index (χ0n) is 17.1. The van der Waals surface area contributed by atoms with Crippen LogP contribution in [0.5, 0.6) is 0 Å². The van der Waals surface area contributed by atoms with Gasteiger partial charge in [-0.3, -0.25) is 0 Å². The third kappa shape index (κ3) is 3.66. The average molecular weight is 417 g/mol. The first-order valence-corrected chi connectivity index (χ1v) is 10.3. The van der Waals surface area contributed by atoms with Gasteiger partial charge in [0.05, 0.1) is 18.0 Å². The van der Waals surface area contributed by atoms with E-state index in [0.29, 0.717) is 35.5 Å². The van der Waals surface area contributed by atoms with Crippen LogP contribution in [0.1, 0.15) is 31.9 Å². The van der Waals surface area contributed by atoms with Crippen molar-refractivity contribution in [3.05, 3.63) is 42.9 Å². The van der Waals surface area contributed by atoms with Crippen molar-refractivity contribution in [2.45, 2.75) is 44.8 Å². The highest BCUT2D eigenvalue weighted by atomic mass is 16.3. The minimum absolute atomic E-state index is 0.176. The second-order valence-electron chi connectivity index (χ2n) is 7.68. The predicted molar refractivity (Wildman–Crippen MR) is 117 cm³/mol. The fourth-order valence-corrected chi connectivity index (χ4v) is 3.95. The van der Waals surface area contributed by atoms with Crippen molar-refractivity contribution in [1.29, 1.82) is 0 Å². The number of aryl methyl sites for hydroxylation is 1. The number of rotatable bonds is 5. The molecule has 1 saturated carbocycles. The summed E-state index contributed by atoms with van der Waals surface area (Å²) >= 11 is 0. The number of pyridine rings is 1. The molecule has 4 heterocycles. The van der Waals surface area contributed by atoms with Crippen LogP contribution in [0.2, 0.25) is 0 Å². The van der Waals surface area contributed by atoms with E-state index in [0.717, 1.165) is 35.5 Å². The summed E-state index contributed by atoms with van der Waals surface area (Å²) in [5.74, 6) is 1.73. The van der Waals surface area contributed by atoms with Crippen molar-refractivity contribution in [2.24, 2.45) is 0 Å². The van der Waals surface area contributed by atoms with Crippen LogP contribution in [0.25, 0.3) is 28.0 Å². The lowest BCUT2D eigenvalue weighted by atomic mass is 10.1. The molecule has 0 aromatic carbocycles. The van der Waals surface area contributed by atoms with Crippen LogP contribution in [0, 0.1) is 0 Å². The highest BCUT2D eigenvalue weighted by molar-refractivity contribution is 5.96. The Balaban J connectivity index is 1.59. The first-order valence-electron chi connectivity index (χ1n) is 10.3. The summed E-state index contributed by atoms with van der Waals surface area (Å²) in [6.07, 6.45) is 11.3. The minimum Gasteiger partial charge on any atom is -0.393 e. The van der Waals surface area contributed by atoms with Crippen molar-refractivity contribution in [2.75, 3.05) is 11.1 Å². The molecular formula is C21H23N9O. The first kappa shape index (κ1) is 19.3. The summed E-state index contributed by atoms with van der Waals surface area (Å²) in [5.41, 5.74) is 9.83. The van der Waals surface area contributed by atoms with Gasteiger partial charge in [-0.1, -0.05) is 6.92 Å². The van der Waals surface area contributed by atoms with Crippen LogP contribution >= 0.6 is 0 Å². The van der Waals surface area contributed by atoms with Gasteiger partial charge in [0, 0.05) is 41.8 Å². The molecule has 1 aliphatic carbocycles. The van der Waals surface area contributed by atoms with Gasteiger partial charge in [-0.05, 0) is 25.7 Å². The highest BCUT2D eigenvalue weighted by Gasteiger charge is 2.24. The van der Waals surface area contributed by atoms with E-state index < -0.39 is 0 Å². The van der Waals surface area contributed by atoms with E-state index >= 15 is 0 Å². The third-order valence-electron chi connectivity index (χ3n) is 5.57. The Kier molecular flexibility index (Phi) is 4.91. The van der Waals surface area contributed by atoms with Crippen LogP contribution in [-0.2, 0) is 6.42 Å².